The summed E-state index contributed by atoms with van der Waals surface area (Å²) in [5, 5.41) is 11.1. The van der Waals surface area contributed by atoms with Crippen LogP contribution in [0.5, 0.6) is 0 Å². The molecule has 0 saturated heterocycles. The van der Waals surface area contributed by atoms with Crippen LogP contribution in [0.25, 0.3) is 0 Å². The maximum Gasteiger partial charge on any atom is 0.301 e. The molecule has 9 heteroatoms. The fourth-order valence-electron chi connectivity index (χ4n) is 1.53. The molecule has 1 aromatic carbocycles. The van der Waals surface area contributed by atoms with Gasteiger partial charge in [0.25, 0.3) is 0 Å². The Kier molecular flexibility index (Phi) is 4.14. The van der Waals surface area contributed by atoms with E-state index in [1.807, 2.05) is 0 Å². The van der Waals surface area contributed by atoms with Crippen molar-refractivity contribution in [3.8, 4) is 0 Å². The topological polar surface area (TPSA) is 116 Å². The molecule has 110 valence electrons. The standard InChI is InChI=1S/C12H11N3O4S2/c1-21(18,19)9-4-2-8(3-5-9)20-12-10(15(16)17)6-7-11(13)14-12/h2-7H,1H3,(H2,13,14). The summed E-state index contributed by atoms with van der Waals surface area (Å²) >= 11 is 1.05. The zero-order valence-electron chi connectivity index (χ0n) is 10.9. The molecule has 2 N–H and O–H groups in total. The lowest BCUT2D eigenvalue weighted by Crippen LogP contribution is -1.98. The van der Waals surface area contributed by atoms with Gasteiger partial charge < -0.3 is 5.73 Å². The smallest absolute Gasteiger partial charge is 0.301 e. The van der Waals surface area contributed by atoms with Crippen LogP contribution in [0.4, 0.5) is 11.5 Å². The minimum Gasteiger partial charge on any atom is -0.384 e. The number of sulfone groups is 1. The van der Waals surface area contributed by atoms with E-state index in [1.165, 1.54) is 24.3 Å². The third-order valence-corrected chi connectivity index (χ3v) is 4.65. The number of pyridine rings is 1. The number of anilines is 1. The molecule has 0 amide bonds. The number of nitrogens with two attached hydrogens (primary N) is 1. The van der Waals surface area contributed by atoms with Gasteiger partial charge in [-0.05, 0) is 30.3 Å². The minimum absolute atomic E-state index is 0.151. The van der Waals surface area contributed by atoms with Crippen molar-refractivity contribution in [1.29, 1.82) is 0 Å². The van der Waals surface area contributed by atoms with Crippen LogP contribution in [0.2, 0.25) is 0 Å². The number of nitrogens with zero attached hydrogens (tertiary/aromatic N) is 2. The molecule has 0 bridgehead atoms. The Labute approximate surface area is 125 Å². The Morgan fingerprint density at radius 3 is 2.33 bits per heavy atom. The zero-order valence-corrected chi connectivity index (χ0v) is 12.5. The van der Waals surface area contributed by atoms with E-state index in [0.29, 0.717) is 4.90 Å². The first-order valence-electron chi connectivity index (χ1n) is 5.66. The van der Waals surface area contributed by atoms with Crippen LogP contribution in [0, 0.1) is 10.1 Å². The fraction of sp³-hybridized carbons (Fsp3) is 0.0833. The SMILES string of the molecule is CS(=O)(=O)c1ccc(Sc2nc(N)ccc2[N+](=O)[O-])cc1. The second-order valence-electron chi connectivity index (χ2n) is 4.16. The summed E-state index contributed by atoms with van der Waals surface area (Å²) in [4.78, 5) is 15.2. The molecular weight excluding hydrogens is 314 g/mol. The first-order chi connectivity index (χ1) is 9.77. The van der Waals surface area contributed by atoms with Crippen molar-refractivity contribution < 1.29 is 13.3 Å². The molecule has 7 nitrogen and oxygen atoms in total. The summed E-state index contributed by atoms with van der Waals surface area (Å²) in [6, 6.07) is 8.65. The van der Waals surface area contributed by atoms with E-state index in [4.69, 9.17) is 5.73 Å². The summed E-state index contributed by atoms with van der Waals surface area (Å²) in [5.74, 6) is 0.177. The monoisotopic (exact) mass is 325 g/mol. The van der Waals surface area contributed by atoms with Crippen LogP contribution < -0.4 is 5.73 Å². The lowest BCUT2D eigenvalue weighted by molar-refractivity contribution is -0.388. The molecule has 2 rings (SSSR count). The number of hydrogen-bond donors (Lipinski definition) is 1. The third-order valence-electron chi connectivity index (χ3n) is 2.52. The predicted molar refractivity (Wildman–Crippen MR) is 79.0 cm³/mol. The van der Waals surface area contributed by atoms with E-state index in [1.54, 1.807) is 12.1 Å². The molecule has 0 unspecified atom stereocenters. The molecule has 0 atom stereocenters. The number of benzene rings is 1. The molecule has 1 heterocycles. The van der Waals surface area contributed by atoms with Crippen LogP contribution in [0.3, 0.4) is 0 Å². The van der Waals surface area contributed by atoms with Crippen molar-refractivity contribution in [2.75, 3.05) is 12.0 Å². The highest BCUT2D eigenvalue weighted by Gasteiger charge is 2.17. The van der Waals surface area contributed by atoms with Crippen molar-refractivity contribution in [1.82, 2.24) is 4.98 Å². The van der Waals surface area contributed by atoms with Gasteiger partial charge in [-0.15, -0.1) is 0 Å². The molecule has 0 radical (unpaired) electrons. The van der Waals surface area contributed by atoms with Crippen LogP contribution in [-0.4, -0.2) is 24.6 Å². The van der Waals surface area contributed by atoms with E-state index in [2.05, 4.69) is 4.98 Å². The highest BCUT2D eigenvalue weighted by molar-refractivity contribution is 7.99. The Bertz CT molecular complexity index is 789. The van der Waals surface area contributed by atoms with Gasteiger partial charge in [-0.25, -0.2) is 13.4 Å². The van der Waals surface area contributed by atoms with Gasteiger partial charge in [0.1, 0.15) is 5.82 Å². The van der Waals surface area contributed by atoms with Crippen molar-refractivity contribution >= 4 is 33.1 Å². The molecular formula is C12H11N3O4S2. The second kappa shape index (κ2) is 5.70. The molecule has 0 aliphatic rings. The Balaban J connectivity index is 2.34. The number of aromatic nitrogens is 1. The zero-order chi connectivity index (χ0) is 15.6. The third kappa shape index (κ3) is 3.70. The largest absolute Gasteiger partial charge is 0.384 e. The maximum atomic E-state index is 11.4. The minimum atomic E-state index is -3.27. The summed E-state index contributed by atoms with van der Waals surface area (Å²) in [6.07, 6.45) is 1.11. The Morgan fingerprint density at radius 2 is 1.81 bits per heavy atom. The summed E-state index contributed by atoms with van der Waals surface area (Å²) < 4.78 is 22.7. The normalized spacial score (nSPS) is 11.3. The van der Waals surface area contributed by atoms with Crippen LogP contribution >= 0.6 is 11.8 Å². The quantitative estimate of drug-likeness (QED) is 0.676. The van der Waals surface area contributed by atoms with Gasteiger partial charge in [0.15, 0.2) is 14.9 Å². The number of hydrogen-bond acceptors (Lipinski definition) is 7. The first-order valence-corrected chi connectivity index (χ1v) is 8.37. The average molecular weight is 325 g/mol. The van der Waals surface area contributed by atoms with Gasteiger partial charge in [-0.1, -0.05) is 11.8 Å². The summed E-state index contributed by atoms with van der Waals surface area (Å²) in [5.41, 5.74) is 5.38. The number of nitro groups is 1. The second-order valence-corrected chi connectivity index (χ2v) is 7.24. The van der Waals surface area contributed by atoms with E-state index < -0.39 is 14.8 Å². The Morgan fingerprint density at radius 1 is 1.19 bits per heavy atom. The highest BCUT2D eigenvalue weighted by Crippen LogP contribution is 2.34. The van der Waals surface area contributed by atoms with Crippen LogP contribution in [-0.2, 0) is 9.84 Å². The van der Waals surface area contributed by atoms with Gasteiger partial charge in [-0.2, -0.15) is 0 Å². The van der Waals surface area contributed by atoms with Crippen molar-refractivity contribution in [3.63, 3.8) is 0 Å². The maximum absolute atomic E-state index is 11.4. The average Bonchev–Trinajstić information content (AvgIpc) is 2.38. The van der Waals surface area contributed by atoms with Gasteiger partial charge in [0.05, 0.1) is 9.82 Å². The van der Waals surface area contributed by atoms with Gasteiger partial charge in [0, 0.05) is 17.2 Å². The molecule has 0 saturated carbocycles. The number of rotatable bonds is 4. The molecule has 2 aromatic rings. The van der Waals surface area contributed by atoms with E-state index >= 15 is 0 Å². The molecule has 0 aliphatic carbocycles. The van der Waals surface area contributed by atoms with Gasteiger partial charge in [0.2, 0.25) is 0 Å². The van der Waals surface area contributed by atoms with Crippen molar-refractivity contribution in [3.05, 3.63) is 46.5 Å². The lowest BCUT2D eigenvalue weighted by atomic mass is 10.4. The number of nitrogen functional groups attached to an aromatic ring is 1. The van der Waals surface area contributed by atoms with Crippen molar-refractivity contribution in [2.45, 2.75) is 14.8 Å². The lowest BCUT2D eigenvalue weighted by Gasteiger charge is -2.04. The first kappa shape index (κ1) is 15.3. The summed E-state index contributed by atoms with van der Waals surface area (Å²) in [6.45, 7) is 0. The Hall–Kier alpha value is -2.13. The molecule has 0 fully saturated rings. The predicted octanol–water partition coefficient (Wildman–Crippen LogP) is 2.13. The van der Waals surface area contributed by atoms with E-state index in [0.717, 1.165) is 18.0 Å². The molecule has 0 spiro atoms. The summed E-state index contributed by atoms with van der Waals surface area (Å²) in [7, 11) is -3.27. The van der Waals surface area contributed by atoms with Crippen LogP contribution in [0.15, 0.2) is 51.2 Å². The molecule has 21 heavy (non-hydrogen) atoms. The highest BCUT2D eigenvalue weighted by atomic mass is 32.2. The van der Waals surface area contributed by atoms with E-state index in [-0.39, 0.29) is 21.4 Å². The van der Waals surface area contributed by atoms with Crippen molar-refractivity contribution in [2.24, 2.45) is 0 Å². The van der Waals surface area contributed by atoms with Gasteiger partial charge in [-0.3, -0.25) is 10.1 Å². The van der Waals surface area contributed by atoms with Crippen LogP contribution in [0.1, 0.15) is 0 Å². The van der Waals surface area contributed by atoms with Gasteiger partial charge >= 0.3 is 5.69 Å². The van der Waals surface area contributed by atoms with E-state index in [9.17, 15) is 18.5 Å². The fourth-order valence-corrected chi connectivity index (χ4v) is 3.05. The molecule has 0 aliphatic heterocycles. The molecule has 1 aromatic heterocycles.